The number of nitrogens with zero attached hydrogens (tertiary/aromatic N) is 1. The Morgan fingerprint density at radius 3 is 2.18 bits per heavy atom. The summed E-state index contributed by atoms with van der Waals surface area (Å²) < 4.78 is 0. The van der Waals surface area contributed by atoms with E-state index >= 15 is 0 Å². The minimum atomic E-state index is -0.732. The second-order valence-electron chi connectivity index (χ2n) is 6.39. The molecular formula is C13H26N2O2. The largest absolute Gasteiger partial charge is 0.481 e. The zero-order valence-corrected chi connectivity index (χ0v) is 11.7. The average Bonchev–Trinajstić information content (AvgIpc) is 2.12. The molecule has 0 aromatic carbocycles. The molecule has 0 radical (unpaired) electrons. The third kappa shape index (κ3) is 3.68. The number of carbonyl (C=O) groups is 1. The Labute approximate surface area is 104 Å². The molecule has 0 aromatic heterocycles. The summed E-state index contributed by atoms with van der Waals surface area (Å²) in [5.74, 6) is -0.732. The highest BCUT2D eigenvalue weighted by atomic mass is 16.4. The summed E-state index contributed by atoms with van der Waals surface area (Å²) >= 11 is 0. The maximum absolute atomic E-state index is 10.5. The fraction of sp³-hybridized carbons (Fsp3) is 0.923. The molecule has 1 aliphatic heterocycles. The smallest absolute Gasteiger partial charge is 0.304 e. The van der Waals surface area contributed by atoms with E-state index in [4.69, 9.17) is 5.11 Å². The topological polar surface area (TPSA) is 52.6 Å². The van der Waals surface area contributed by atoms with E-state index < -0.39 is 5.97 Å². The van der Waals surface area contributed by atoms with Gasteiger partial charge in [0.25, 0.3) is 0 Å². The van der Waals surface area contributed by atoms with Crippen molar-refractivity contribution < 1.29 is 9.90 Å². The van der Waals surface area contributed by atoms with Crippen molar-refractivity contribution in [1.29, 1.82) is 0 Å². The molecule has 4 heteroatoms. The lowest BCUT2D eigenvalue weighted by Crippen LogP contribution is -2.62. The van der Waals surface area contributed by atoms with Crippen LogP contribution in [0.25, 0.3) is 0 Å². The van der Waals surface area contributed by atoms with Gasteiger partial charge in [-0.3, -0.25) is 9.69 Å². The summed E-state index contributed by atoms with van der Waals surface area (Å²) in [5, 5.41) is 12.0. The minimum Gasteiger partial charge on any atom is -0.481 e. The summed E-state index contributed by atoms with van der Waals surface area (Å²) in [5.41, 5.74) is 0.311. The van der Waals surface area contributed by atoms with Crippen molar-refractivity contribution in [3.8, 4) is 0 Å². The quantitative estimate of drug-likeness (QED) is 0.788. The van der Waals surface area contributed by atoms with Gasteiger partial charge in [0.2, 0.25) is 0 Å². The van der Waals surface area contributed by atoms with Gasteiger partial charge in [-0.25, -0.2) is 0 Å². The molecule has 1 aliphatic rings. The molecule has 4 nitrogen and oxygen atoms in total. The monoisotopic (exact) mass is 242 g/mol. The lowest BCUT2D eigenvalue weighted by Gasteiger charge is -2.53. The predicted molar refractivity (Wildman–Crippen MR) is 69.2 cm³/mol. The molecule has 0 bridgehead atoms. The first-order valence-electron chi connectivity index (χ1n) is 6.34. The number of likely N-dealkylation sites (tertiary alicyclic amines) is 1. The summed E-state index contributed by atoms with van der Waals surface area (Å²) in [7, 11) is 2.17. The third-order valence-electron chi connectivity index (χ3n) is 4.08. The maximum atomic E-state index is 10.5. The predicted octanol–water partition coefficient (Wildman–Crippen LogP) is 1.70. The number of piperidine rings is 1. The normalized spacial score (nSPS) is 24.8. The molecule has 1 heterocycles. The molecule has 100 valence electrons. The van der Waals surface area contributed by atoms with Crippen LogP contribution < -0.4 is 5.32 Å². The van der Waals surface area contributed by atoms with Gasteiger partial charge in [-0.1, -0.05) is 0 Å². The molecule has 0 atom stereocenters. The molecular weight excluding hydrogens is 216 g/mol. The number of hydrogen-bond donors (Lipinski definition) is 2. The van der Waals surface area contributed by atoms with E-state index in [1.807, 2.05) is 0 Å². The molecule has 0 amide bonds. The standard InChI is InChI=1S/C13H26N2O2/c1-12(2)8-10(14-7-6-11(16)17)9-13(3,4)15(12)5/h10,14H,6-9H2,1-5H3,(H,16,17). The fourth-order valence-corrected chi connectivity index (χ4v) is 2.90. The van der Waals surface area contributed by atoms with Gasteiger partial charge < -0.3 is 10.4 Å². The molecule has 1 rings (SSSR count). The summed E-state index contributed by atoms with van der Waals surface area (Å²) in [6.45, 7) is 9.56. The van der Waals surface area contributed by atoms with Crippen LogP contribution in [0.5, 0.6) is 0 Å². The van der Waals surface area contributed by atoms with Gasteiger partial charge >= 0.3 is 5.97 Å². The van der Waals surface area contributed by atoms with E-state index in [9.17, 15) is 4.79 Å². The number of hydrogen-bond acceptors (Lipinski definition) is 3. The highest BCUT2D eigenvalue weighted by Gasteiger charge is 2.42. The van der Waals surface area contributed by atoms with Crippen molar-refractivity contribution in [1.82, 2.24) is 10.2 Å². The second-order valence-corrected chi connectivity index (χ2v) is 6.39. The Kier molecular flexibility index (Phi) is 4.20. The van der Waals surface area contributed by atoms with Crippen LogP contribution in [0, 0.1) is 0 Å². The lowest BCUT2D eigenvalue weighted by molar-refractivity contribution is -0.136. The molecule has 0 unspecified atom stereocenters. The van der Waals surface area contributed by atoms with E-state index in [2.05, 4.69) is 45.0 Å². The number of rotatable bonds is 4. The Hall–Kier alpha value is -0.610. The first kappa shape index (κ1) is 14.5. The Morgan fingerprint density at radius 1 is 1.29 bits per heavy atom. The van der Waals surface area contributed by atoms with Crippen molar-refractivity contribution in [3.63, 3.8) is 0 Å². The highest BCUT2D eigenvalue weighted by molar-refractivity contribution is 5.66. The lowest BCUT2D eigenvalue weighted by atomic mass is 9.77. The van der Waals surface area contributed by atoms with E-state index in [0.717, 1.165) is 12.8 Å². The molecule has 1 fully saturated rings. The van der Waals surface area contributed by atoms with Crippen molar-refractivity contribution >= 4 is 5.97 Å². The van der Waals surface area contributed by atoms with Crippen molar-refractivity contribution in [2.24, 2.45) is 0 Å². The van der Waals surface area contributed by atoms with Crippen molar-refractivity contribution in [2.45, 2.75) is 64.1 Å². The van der Waals surface area contributed by atoms with Gasteiger partial charge in [0.15, 0.2) is 0 Å². The molecule has 2 N–H and O–H groups in total. The molecule has 17 heavy (non-hydrogen) atoms. The van der Waals surface area contributed by atoms with Gasteiger partial charge in [0, 0.05) is 23.7 Å². The van der Waals surface area contributed by atoms with Crippen LogP contribution in [-0.2, 0) is 4.79 Å². The van der Waals surface area contributed by atoms with Gasteiger partial charge in [-0.15, -0.1) is 0 Å². The SMILES string of the molecule is CN1C(C)(C)CC(NCCC(=O)O)CC1(C)C. The first-order valence-corrected chi connectivity index (χ1v) is 6.34. The van der Waals surface area contributed by atoms with E-state index in [0.29, 0.717) is 12.6 Å². The number of carboxylic acid groups (broad SMARTS) is 1. The Balaban J connectivity index is 2.56. The van der Waals surface area contributed by atoms with Gasteiger partial charge in [-0.2, -0.15) is 0 Å². The summed E-state index contributed by atoms with van der Waals surface area (Å²) in [4.78, 5) is 12.9. The minimum absolute atomic E-state index is 0.155. The van der Waals surface area contributed by atoms with Crippen LogP contribution in [0.3, 0.4) is 0 Å². The van der Waals surface area contributed by atoms with Crippen LogP contribution in [0.1, 0.15) is 47.0 Å². The van der Waals surface area contributed by atoms with Crippen LogP contribution in [0.4, 0.5) is 0 Å². The summed E-state index contributed by atoms with van der Waals surface area (Å²) in [6, 6.07) is 0.413. The fourth-order valence-electron chi connectivity index (χ4n) is 2.90. The first-order chi connectivity index (χ1) is 7.65. The number of nitrogens with one attached hydrogen (secondary N) is 1. The number of carboxylic acids is 1. The molecule has 1 saturated heterocycles. The highest BCUT2D eigenvalue weighted by Crippen LogP contribution is 2.36. The summed E-state index contributed by atoms with van der Waals surface area (Å²) in [6.07, 6.45) is 2.33. The molecule has 0 aromatic rings. The van der Waals surface area contributed by atoms with Crippen LogP contribution in [0.2, 0.25) is 0 Å². The van der Waals surface area contributed by atoms with Crippen LogP contribution in [-0.4, -0.2) is 46.7 Å². The van der Waals surface area contributed by atoms with Gasteiger partial charge in [0.1, 0.15) is 0 Å². The second kappa shape index (κ2) is 4.94. The third-order valence-corrected chi connectivity index (χ3v) is 4.08. The zero-order valence-electron chi connectivity index (χ0n) is 11.7. The van der Waals surface area contributed by atoms with E-state index in [1.54, 1.807) is 0 Å². The van der Waals surface area contributed by atoms with Crippen molar-refractivity contribution in [3.05, 3.63) is 0 Å². The molecule has 0 aliphatic carbocycles. The van der Waals surface area contributed by atoms with Gasteiger partial charge in [0.05, 0.1) is 6.42 Å². The Bertz CT molecular complexity index is 269. The molecule has 0 spiro atoms. The van der Waals surface area contributed by atoms with Crippen LogP contribution >= 0.6 is 0 Å². The Morgan fingerprint density at radius 2 is 1.76 bits per heavy atom. The van der Waals surface area contributed by atoms with Gasteiger partial charge in [-0.05, 0) is 47.6 Å². The average molecular weight is 242 g/mol. The van der Waals surface area contributed by atoms with Crippen LogP contribution in [0.15, 0.2) is 0 Å². The zero-order chi connectivity index (χ0) is 13.3. The van der Waals surface area contributed by atoms with E-state index in [-0.39, 0.29) is 17.5 Å². The van der Waals surface area contributed by atoms with E-state index in [1.165, 1.54) is 0 Å². The number of aliphatic carboxylic acids is 1. The van der Waals surface area contributed by atoms with Crippen molar-refractivity contribution in [2.75, 3.05) is 13.6 Å². The molecule has 0 saturated carbocycles. The maximum Gasteiger partial charge on any atom is 0.304 e.